The molecule has 0 atom stereocenters. The van der Waals surface area contributed by atoms with Crippen molar-refractivity contribution in [3.63, 3.8) is 0 Å². The molecule has 1 aliphatic rings. The molecule has 0 radical (unpaired) electrons. The van der Waals surface area contributed by atoms with Gasteiger partial charge in [0, 0.05) is 41.4 Å². The van der Waals surface area contributed by atoms with Gasteiger partial charge >= 0.3 is 6.09 Å². The Kier molecular flexibility index (Phi) is 8.57. The highest BCUT2D eigenvalue weighted by molar-refractivity contribution is 5.96. The number of amides is 1. The normalized spacial score (nSPS) is 14.9. The Labute approximate surface area is 180 Å². The number of nitrogens with zero attached hydrogens (tertiary/aromatic N) is 1. The van der Waals surface area contributed by atoms with Crippen molar-refractivity contribution in [2.24, 2.45) is 0 Å². The van der Waals surface area contributed by atoms with Gasteiger partial charge in [0.2, 0.25) is 0 Å². The number of hydrogen-bond donors (Lipinski definition) is 2. The molecule has 162 valence electrons. The maximum Gasteiger partial charge on any atom is 0.411 e. The summed E-state index contributed by atoms with van der Waals surface area (Å²) in [6, 6.07) is 5.96. The molecule has 0 spiro atoms. The Morgan fingerprint density at radius 2 is 2.20 bits per heavy atom. The van der Waals surface area contributed by atoms with Crippen LogP contribution in [-0.4, -0.2) is 42.2 Å². The SMILES string of the molecule is CC=CCCCOC(=O)Nc1ccc2[nH]cc(C3=CCN(CCCCC)CC3)c2c1. The van der Waals surface area contributed by atoms with Gasteiger partial charge in [-0.05, 0) is 62.9 Å². The van der Waals surface area contributed by atoms with Crippen LogP contribution in [0.15, 0.2) is 42.6 Å². The van der Waals surface area contributed by atoms with Crippen LogP contribution in [0.2, 0.25) is 0 Å². The zero-order chi connectivity index (χ0) is 21.2. The van der Waals surface area contributed by atoms with Crippen LogP contribution in [0.5, 0.6) is 0 Å². The number of benzene rings is 1. The number of H-pyrrole nitrogens is 1. The summed E-state index contributed by atoms with van der Waals surface area (Å²) in [6.07, 6.45) is 14.8. The summed E-state index contributed by atoms with van der Waals surface area (Å²) in [5, 5.41) is 4.00. The van der Waals surface area contributed by atoms with Crippen LogP contribution in [0.1, 0.15) is 57.9 Å². The molecule has 0 saturated heterocycles. The number of ether oxygens (including phenoxy) is 1. The predicted molar refractivity (Wildman–Crippen MR) is 126 cm³/mol. The van der Waals surface area contributed by atoms with E-state index in [0.717, 1.165) is 48.9 Å². The van der Waals surface area contributed by atoms with Gasteiger partial charge < -0.3 is 9.72 Å². The Morgan fingerprint density at radius 3 is 2.97 bits per heavy atom. The first-order chi connectivity index (χ1) is 14.7. The van der Waals surface area contributed by atoms with E-state index in [1.54, 1.807) is 0 Å². The molecule has 5 heteroatoms. The summed E-state index contributed by atoms with van der Waals surface area (Å²) in [5.74, 6) is 0. The second kappa shape index (κ2) is 11.6. The summed E-state index contributed by atoms with van der Waals surface area (Å²) < 4.78 is 5.28. The average molecular weight is 410 g/mol. The second-order valence-electron chi connectivity index (χ2n) is 7.92. The molecule has 1 aromatic carbocycles. The van der Waals surface area contributed by atoms with Crippen LogP contribution in [0.3, 0.4) is 0 Å². The highest BCUT2D eigenvalue weighted by Crippen LogP contribution is 2.31. The van der Waals surface area contributed by atoms with Gasteiger partial charge in [-0.2, -0.15) is 0 Å². The van der Waals surface area contributed by atoms with Gasteiger partial charge in [0.1, 0.15) is 0 Å². The molecule has 2 heterocycles. The Balaban J connectivity index is 1.60. The van der Waals surface area contributed by atoms with E-state index in [1.165, 1.54) is 36.9 Å². The lowest BCUT2D eigenvalue weighted by atomic mass is 9.98. The number of allylic oxidation sites excluding steroid dienone is 2. The summed E-state index contributed by atoms with van der Waals surface area (Å²) >= 11 is 0. The number of carbonyl (C=O) groups excluding carboxylic acids is 1. The van der Waals surface area contributed by atoms with E-state index >= 15 is 0 Å². The fraction of sp³-hybridized carbons (Fsp3) is 0.480. The number of aromatic amines is 1. The number of fused-ring (bicyclic) bond motifs is 1. The third kappa shape index (κ3) is 6.23. The smallest absolute Gasteiger partial charge is 0.411 e. The quantitative estimate of drug-likeness (QED) is 0.355. The molecule has 1 aliphatic heterocycles. The highest BCUT2D eigenvalue weighted by atomic mass is 16.5. The minimum absolute atomic E-state index is 0.397. The summed E-state index contributed by atoms with van der Waals surface area (Å²) in [4.78, 5) is 18.0. The van der Waals surface area contributed by atoms with E-state index in [2.05, 4.69) is 40.5 Å². The van der Waals surface area contributed by atoms with Gasteiger partial charge in [-0.25, -0.2) is 4.79 Å². The van der Waals surface area contributed by atoms with Gasteiger partial charge in [-0.15, -0.1) is 0 Å². The molecule has 0 unspecified atom stereocenters. The molecule has 0 bridgehead atoms. The zero-order valence-electron chi connectivity index (χ0n) is 18.4. The van der Waals surface area contributed by atoms with Crippen molar-refractivity contribution in [3.8, 4) is 0 Å². The summed E-state index contributed by atoms with van der Waals surface area (Å²) in [6.45, 7) is 7.99. The molecule has 0 aliphatic carbocycles. The Bertz CT molecular complexity index is 882. The van der Waals surface area contributed by atoms with Crippen molar-refractivity contribution in [3.05, 3.63) is 48.2 Å². The van der Waals surface area contributed by atoms with Crippen molar-refractivity contribution in [1.82, 2.24) is 9.88 Å². The first kappa shape index (κ1) is 22.2. The van der Waals surface area contributed by atoms with Crippen LogP contribution in [0, 0.1) is 0 Å². The maximum absolute atomic E-state index is 12.1. The van der Waals surface area contributed by atoms with E-state index in [9.17, 15) is 4.79 Å². The lowest BCUT2D eigenvalue weighted by Gasteiger charge is -2.26. The van der Waals surface area contributed by atoms with Gasteiger partial charge in [-0.3, -0.25) is 10.2 Å². The molecule has 0 fully saturated rings. The topological polar surface area (TPSA) is 57.4 Å². The molecule has 2 aromatic rings. The van der Waals surface area contributed by atoms with E-state index < -0.39 is 6.09 Å². The van der Waals surface area contributed by atoms with Gasteiger partial charge in [0.25, 0.3) is 0 Å². The number of rotatable bonds is 10. The van der Waals surface area contributed by atoms with Gasteiger partial charge in [-0.1, -0.05) is 38.0 Å². The number of unbranched alkanes of at least 4 members (excludes halogenated alkanes) is 3. The van der Waals surface area contributed by atoms with Crippen LogP contribution in [0.25, 0.3) is 16.5 Å². The van der Waals surface area contributed by atoms with E-state index in [1.807, 2.05) is 31.2 Å². The number of nitrogens with one attached hydrogen (secondary N) is 2. The number of anilines is 1. The molecule has 30 heavy (non-hydrogen) atoms. The van der Waals surface area contributed by atoms with E-state index in [0.29, 0.717) is 6.61 Å². The van der Waals surface area contributed by atoms with Crippen molar-refractivity contribution < 1.29 is 9.53 Å². The number of carbonyl (C=O) groups is 1. The van der Waals surface area contributed by atoms with Crippen molar-refractivity contribution in [2.75, 3.05) is 31.6 Å². The maximum atomic E-state index is 12.1. The summed E-state index contributed by atoms with van der Waals surface area (Å²) in [5.41, 5.74) is 4.47. The Morgan fingerprint density at radius 1 is 1.30 bits per heavy atom. The molecule has 3 rings (SSSR count). The first-order valence-electron chi connectivity index (χ1n) is 11.3. The molecule has 1 amide bonds. The summed E-state index contributed by atoms with van der Waals surface area (Å²) in [7, 11) is 0. The Hall–Kier alpha value is -2.53. The molecule has 5 nitrogen and oxygen atoms in total. The second-order valence-corrected chi connectivity index (χ2v) is 7.92. The minimum Gasteiger partial charge on any atom is -0.449 e. The lowest BCUT2D eigenvalue weighted by Crippen LogP contribution is -2.29. The monoisotopic (exact) mass is 409 g/mol. The zero-order valence-corrected chi connectivity index (χ0v) is 18.4. The fourth-order valence-electron chi connectivity index (χ4n) is 3.90. The molecule has 2 N–H and O–H groups in total. The van der Waals surface area contributed by atoms with Crippen LogP contribution in [-0.2, 0) is 4.74 Å². The van der Waals surface area contributed by atoms with Crippen molar-refractivity contribution in [2.45, 2.75) is 52.4 Å². The van der Waals surface area contributed by atoms with E-state index in [4.69, 9.17) is 4.74 Å². The lowest BCUT2D eigenvalue weighted by molar-refractivity contribution is 0.160. The van der Waals surface area contributed by atoms with Crippen LogP contribution in [0.4, 0.5) is 10.5 Å². The van der Waals surface area contributed by atoms with Gasteiger partial charge in [0.15, 0.2) is 0 Å². The number of hydrogen-bond acceptors (Lipinski definition) is 3. The van der Waals surface area contributed by atoms with Crippen molar-refractivity contribution >= 4 is 28.3 Å². The third-order valence-electron chi connectivity index (χ3n) is 5.63. The number of aromatic nitrogens is 1. The van der Waals surface area contributed by atoms with E-state index in [-0.39, 0.29) is 0 Å². The fourth-order valence-corrected chi connectivity index (χ4v) is 3.90. The van der Waals surface area contributed by atoms with Crippen LogP contribution >= 0.6 is 0 Å². The molecule has 1 aromatic heterocycles. The first-order valence-corrected chi connectivity index (χ1v) is 11.3. The average Bonchev–Trinajstić information content (AvgIpc) is 3.17. The largest absolute Gasteiger partial charge is 0.449 e. The van der Waals surface area contributed by atoms with Gasteiger partial charge in [0.05, 0.1) is 6.61 Å². The minimum atomic E-state index is -0.397. The third-order valence-corrected chi connectivity index (χ3v) is 5.63. The predicted octanol–water partition coefficient (Wildman–Crippen LogP) is 6.35. The molecule has 0 saturated carbocycles. The van der Waals surface area contributed by atoms with Crippen molar-refractivity contribution in [1.29, 1.82) is 0 Å². The standard InChI is InChI=1S/C25H35N3O2/c1-3-5-7-9-17-30-25(29)27-21-10-11-24-22(18-21)23(19-26-24)20-12-15-28(16-13-20)14-8-6-4-2/h3,5,10-12,18-19,26H,4,6-9,13-17H2,1-2H3,(H,27,29). The molecular weight excluding hydrogens is 374 g/mol. The highest BCUT2D eigenvalue weighted by Gasteiger charge is 2.16. The molecular formula is C25H35N3O2. The van der Waals surface area contributed by atoms with Crippen LogP contribution < -0.4 is 5.32 Å².